The molecule has 0 unspecified atom stereocenters. The van der Waals surface area contributed by atoms with Crippen LogP contribution < -0.4 is 15.5 Å². The zero-order valence-electron chi connectivity index (χ0n) is 14.5. The molecule has 3 amide bonds. The number of hydrogen-bond donors (Lipinski definition) is 2. The van der Waals surface area contributed by atoms with E-state index >= 15 is 0 Å². The van der Waals surface area contributed by atoms with Crippen molar-refractivity contribution in [1.29, 1.82) is 0 Å². The highest BCUT2D eigenvalue weighted by Crippen LogP contribution is 2.43. The third-order valence-electron chi connectivity index (χ3n) is 4.96. The van der Waals surface area contributed by atoms with Gasteiger partial charge in [-0.3, -0.25) is 4.79 Å². The van der Waals surface area contributed by atoms with Gasteiger partial charge >= 0.3 is 6.03 Å². The lowest BCUT2D eigenvalue weighted by Crippen LogP contribution is -2.53. The van der Waals surface area contributed by atoms with Gasteiger partial charge in [0.25, 0.3) is 0 Å². The fourth-order valence-electron chi connectivity index (χ4n) is 3.31. The van der Waals surface area contributed by atoms with Crippen LogP contribution in [0.25, 0.3) is 0 Å². The average molecular weight is 331 g/mol. The van der Waals surface area contributed by atoms with E-state index in [1.807, 2.05) is 18.2 Å². The van der Waals surface area contributed by atoms with Crippen molar-refractivity contribution in [3.8, 4) is 0 Å². The highest BCUT2D eigenvalue weighted by Gasteiger charge is 2.49. The van der Waals surface area contributed by atoms with E-state index in [2.05, 4.69) is 17.6 Å². The zero-order valence-corrected chi connectivity index (χ0v) is 14.5. The molecule has 2 aliphatic rings. The average Bonchev–Trinajstić information content (AvgIpc) is 3.29. The summed E-state index contributed by atoms with van der Waals surface area (Å²) in [4.78, 5) is 25.4. The lowest BCUT2D eigenvalue weighted by molar-refractivity contribution is -0.116. The lowest BCUT2D eigenvalue weighted by Gasteiger charge is -2.31. The molecule has 0 bridgehead atoms. The Bertz CT molecular complexity index is 644. The number of anilines is 2. The molecular weight excluding hydrogens is 306 g/mol. The second-order valence-electron chi connectivity index (χ2n) is 7.00. The molecule has 130 valence electrons. The van der Waals surface area contributed by atoms with Crippen LogP contribution in [0, 0.1) is 5.92 Å². The summed E-state index contributed by atoms with van der Waals surface area (Å²) in [6.45, 7) is 4.26. The molecule has 2 fully saturated rings. The molecule has 1 heterocycles. The maximum atomic E-state index is 12.4. The summed E-state index contributed by atoms with van der Waals surface area (Å²) in [6.07, 6.45) is 3.30. The molecule has 6 heteroatoms. The van der Waals surface area contributed by atoms with Crippen molar-refractivity contribution in [2.45, 2.75) is 44.8 Å². The summed E-state index contributed by atoms with van der Waals surface area (Å²) in [7, 11) is 1.71. The van der Waals surface area contributed by atoms with Crippen LogP contribution in [0.1, 0.15) is 33.1 Å². The first-order valence-electron chi connectivity index (χ1n) is 8.44. The molecule has 0 radical (unpaired) electrons. The number of urea groups is 1. The van der Waals surface area contributed by atoms with E-state index in [0.717, 1.165) is 12.1 Å². The molecule has 1 aromatic rings. The number of carbonyl (C=O) groups is 2. The van der Waals surface area contributed by atoms with E-state index in [9.17, 15) is 9.59 Å². The molecule has 2 atom stereocenters. The lowest BCUT2D eigenvalue weighted by atomic mass is 9.90. The third-order valence-corrected chi connectivity index (χ3v) is 4.96. The van der Waals surface area contributed by atoms with Crippen molar-refractivity contribution < 1.29 is 14.3 Å². The van der Waals surface area contributed by atoms with Crippen molar-refractivity contribution in [2.75, 3.05) is 23.9 Å². The van der Waals surface area contributed by atoms with Crippen molar-refractivity contribution in [3.63, 3.8) is 0 Å². The van der Waals surface area contributed by atoms with Gasteiger partial charge in [-0.05, 0) is 50.3 Å². The van der Waals surface area contributed by atoms with Crippen molar-refractivity contribution in [3.05, 3.63) is 24.3 Å². The minimum atomic E-state index is -0.320. The Kier molecular flexibility index (Phi) is 4.49. The molecule has 24 heavy (non-hydrogen) atoms. The van der Waals surface area contributed by atoms with Gasteiger partial charge in [-0.25, -0.2) is 4.79 Å². The summed E-state index contributed by atoms with van der Waals surface area (Å²) in [5, 5.41) is 5.96. The van der Waals surface area contributed by atoms with E-state index < -0.39 is 0 Å². The topological polar surface area (TPSA) is 70.7 Å². The van der Waals surface area contributed by atoms with Gasteiger partial charge in [0.2, 0.25) is 5.91 Å². The monoisotopic (exact) mass is 331 g/mol. The molecule has 1 saturated heterocycles. The van der Waals surface area contributed by atoms with Crippen molar-refractivity contribution in [1.82, 2.24) is 5.32 Å². The van der Waals surface area contributed by atoms with Crippen LogP contribution >= 0.6 is 0 Å². The number of hydrogen-bond acceptors (Lipinski definition) is 3. The summed E-state index contributed by atoms with van der Waals surface area (Å²) in [5.74, 6) is 0.518. The predicted molar refractivity (Wildman–Crippen MR) is 93.2 cm³/mol. The van der Waals surface area contributed by atoms with Gasteiger partial charge in [0, 0.05) is 32.0 Å². The second kappa shape index (κ2) is 6.43. The van der Waals surface area contributed by atoms with E-state index in [-0.39, 0.29) is 23.6 Å². The minimum Gasteiger partial charge on any atom is -0.375 e. The predicted octanol–water partition coefficient (Wildman–Crippen LogP) is 2.75. The Morgan fingerprint density at radius 3 is 2.75 bits per heavy atom. The number of rotatable bonds is 4. The molecule has 0 spiro atoms. The number of nitrogens with one attached hydrogen (secondary N) is 2. The largest absolute Gasteiger partial charge is 0.375 e. The first-order valence-corrected chi connectivity index (χ1v) is 8.44. The van der Waals surface area contributed by atoms with Crippen molar-refractivity contribution in [2.24, 2.45) is 5.92 Å². The van der Waals surface area contributed by atoms with E-state index in [1.54, 1.807) is 18.0 Å². The number of ether oxygens (including phenoxy) is 1. The van der Waals surface area contributed by atoms with Gasteiger partial charge in [0.05, 0.1) is 11.6 Å². The van der Waals surface area contributed by atoms with Crippen LogP contribution in [-0.4, -0.2) is 37.2 Å². The van der Waals surface area contributed by atoms with Gasteiger partial charge in [0.1, 0.15) is 0 Å². The summed E-state index contributed by atoms with van der Waals surface area (Å²) >= 11 is 0. The molecular formula is C18H25N3O3. The highest BCUT2D eigenvalue weighted by atomic mass is 16.5. The van der Waals surface area contributed by atoms with Gasteiger partial charge < -0.3 is 20.3 Å². The molecule has 3 rings (SSSR count). The summed E-state index contributed by atoms with van der Waals surface area (Å²) in [5.41, 5.74) is 1.08. The fourth-order valence-corrected chi connectivity index (χ4v) is 3.31. The molecule has 0 aromatic heterocycles. The molecule has 1 aromatic carbocycles. The second-order valence-corrected chi connectivity index (χ2v) is 7.00. The standard InChI is InChI=1S/C18H25N3O3/c1-12(22)21(3)15-6-4-5-14(11-15)19-17(23)20-18(2)9-10-24-16(18)13-7-8-13/h4-6,11,13,16H,7-10H2,1-3H3,(H2,19,20,23)/t16-,18+/m0/s1. The van der Waals surface area contributed by atoms with Crippen LogP contribution in [0.3, 0.4) is 0 Å². The fraction of sp³-hybridized carbons (Fsp3) is 0.556. The number of carbonyl (C=O) groups excluding carboxylic acids is 2. The van der Waals surface area contributed by atoms with Gasteiger partial charge in [-0.1, -0.05) is 6.07 Å². The normalized spacial score (nSPS) is 26.0. The van der Waals surface area contributed by atoms with Gasteiger partial charge in [0.15, 0.2) is 0 Å². The molecule has 2 N–H and O–H groups in total. The van der Waals surface area contributed by atoms with Crippen LogP contribution in [0.4, 0.5) is 16.2 Å². The quantitative estimate of drug-likeness (QED) is 0.891. The van der Waals surface area contributed by atoms with Gasteiger partial charge in [-0.15, -0.1) is 0 Å². The smallest absolute Gasteiger partial charge is 0.319 e. The maximum Gasteiger partial charge on any atom is 0.319 e. The Morgan fingerprint density at radius 1 is 1.33 bits per heavy atom. The Morgan fingerprint density at radius 2 is 2.08 bits per heavy atom. The first kappa shape index (κ1) is 16.8. The Hall–Kier alpha value is -2.08. The molecule has 1 saturated carbocycles. The highest BCUT2D eigenvalue weighted by molar-refractivity contribution is 5.93. The first-order chi connectivity index (χ1) is 11.4. The number of nitrogens with zero attached hydrogens (tertiary/aromatic N) is 1. The summed E-state index contributed by atoms with van der Waals surface area (Å²) < 4.78 is 5.83. The summed E-state index contributed by atoms with van der Waals surface area (Å²) in [6, 6.07) is 7.00. The number of benzene rings is 1. The zero-order chi connectivity index (χ0) is 17.3. The van der Waals surface area contributed by atoms with Crippen LogP contribution in [0.5, 0.6) is 0 Å². The van der Waals surface area contributed by atoms with E-state index in [1.165, 1.54) is 19.8 Å². The van der Waals surface area contributed by atoms with Crippen LogP contribution in [-0.2, 0) is 9.53 Å². The number of amides is 3. The van der Waals surface area contributed by atoms with E-state index in [4.69, 9.17) is 4.74 Å². The van der Waals surface area contributed by atoms with Crippen LogP contribution in [0.15, 0.2) is 24.3 Å². The maximum absolute atomic E-state index is 12.4. The SMILES string of the molecule is CC(=O)N(C)c1cccc(NC(=O)N[C@]2(C)CCO[C@H]2C2CC2)c1. The van der Waals surface area contributed by atoms with E-state index in [0.29, 0.717) is 18.2 Å². The Balaban J connectivity index is 1.64. The molecule has 1 aliphatic carbocycles. The molecule has 6 nitrogen and oxygen atoms in total. The van der Waals surface area contributed by atoms with Crippen LogP contribution in [0.2, 0.25) is 0 Å². The van der Waals surface area contributed by atoms with Crippen molar-refractivity contribution >= 4 is 23.3 Å². The third kappa shape index (κ3) is 3.53. The minimum absolute atomic E-state index is 0.0560. The molecule has 1 aliphatic heterocycles. The Labute approximate surface area is 142 Å². The van der Waals surface area contributed by atoms with Gasteiger partial charge in [-0.2, -0.15) is 0 Å².